The van der Waals surface area contributed by atoms with Crippen molar-refractivity contribution >= 4 is 17.8 Å². The second kappa shape index (κ2) is 10.7. The number of esters is 1. The van der Waals surface area contributed by atoms with Gasteiger partial charge >= 0.3 is 5.97 Å². The monoisotopic (exact) mass is 370 g/mol. The maximum Gasteiger partial charge on any atom is 0.305 e. The van der Waals surface area contributed by atoms with Gasteiger partial charge in [-0.2, -0.15) is 0 Å². The van der Waals surface area contributed by atoms with Crippen LogP contribution in [-0.4, -0.2) is 42.0 Å². The number of carbonyl (C=O) groups excluding carboxylic acids is 2. The Morgan fingerprint density at radius 3 is 2.67 bits per heavy atom. The van der Waals surface area contributed by atoms with E-state index in [0.29, 0.717) is 42.4 Å². The second-order valence-corrected chi connectivity index (χ2v) is 5.45. The van der Waals surface area contributed by atoms with Gasteiger partial charge in [-0.25, -0.2) is 0 Å². The van der Waals surface area contributed by atoms with Gasteiger partial charge < -0.3 is 14.2 Å². The van der Waals surface area contributed by atoms with Crippen LogP contribution < -0.4 is 9.47 Å². The highest BCUT2D eigenvalue weighted by molar-refractivity contribution is 6.06. The van der Waals surface area contributed by atoms with E-state index in [4.69, 9.17) is 14.2 Å². The lowest BCUT2D eigenvalue weighted by Gasteiger charge is -2.10. The molecule has 0 saturated carbocycles. The van der Waals surface area contributed by atoms with Crippen molar-refractivity contribution in [1.82, 2.24) is 9.97 Å². The van der Waals surface area contributed by atoms with Crippen LogP contribution in [0.1, 0.15) is 35.8 Å². The third-order valence-electron chi connectivity index (χ3n) is 3.53. The Labute approximate surface area is 158 Å². The predicted octanol–water partition coefficient (Wildman–Crippen LogP) is 3.10. The average Bonchev–Trinajstić information content (AvgIpc) is 2.70. The summed E-state index contributed by atoms with van der Waals surface area (Å²) < 4.78 is 15.8. The van der Waals surface area contributed by atoms with Crippen molar-refractivity contribution in [1.29, 1.82) is 0 Å². The number of hydrogen-bond donors (Lipinski definition) is 0. The van der Waals surface area contributed by atoms with E-state index in [1.54, 1.807) is 43.6 Å². The van der Waals surface area contributed by atoms with E-state index in [1.165, 1.54) is 19.4 Å². The number of rotatable bonds is 10. The van der Waals surface area contributed by atoms with Gasteiger partial charge in [-0.15, -0.1) is 0 Å². The van der Waals surface area contributed by atoms with E-state index in [-0.39, 0.29) is 18.2 Å². The molecule has 0 bridgehead atoms. The van der Waals surface area contributed by atoms with Gasteiger partial charge in [-0.3, -0.25) is 19.6 Å². The van der Waals surface area contributed by atoms with Gasteiger partial charge in [-0.05, 0) is 37.6 Å². The molecule has 142 valence electrons. The van der Waals surface area contributed by atoms with E-state index >= 15 is 0 Å². The predicted molar refractivity (Wildman–Crippen MR) is 99.8 cm³/mol. The zero-order valence-corrected chi connectivity index (χ0v) is 15.4. The number of hydrogen-bond acceptors (Lipinski definition) is 7. The van der Waals surface area contributed by atoms with Crippen LogP contribution in [0.4, 0.5) is 0 Å². The van der Waals surface area contributed by atoms with Crippen LogP contribution in [0.2, 0.25) is 0 Å². The Kier molecular flexibility index (Phi) is 7.96. The van der Waals surface area contributed by atoms with Crippen molar-refractivity contribution in [3.63, 3.8) is 0 Å². The van der Waals surface area contributed by atoms with Crippen LogP contribution in [0.5, 0.6) is 11.5 Å². The maximum absolute atomic E-state index is 12.1. The van der Waals surface area contributed by atoms with E-state index in [0.717, 1.165) is 0 Å². The molecule has 2 aromatic rings. The number of pyridine rings is 2. The first-order valence-electron chi connectivity index (χ1n) is 8.59. The number of carbonyl (C=O) groups is 2. The highest BCUT2D eigenvalue weighted by Gasteiger charge is 2.08. The highest BCUT2D eigenvalue weighted by Crippen LogP contribution is 2.27. The Morgan fingerprint density at radius 1 is 1.19 bits per heavy atom. The van der Waals surface area contributed by atoms with Gasteiger partial charge in [0, 0.05) is 30.4 Å². The lowest BCUT2D eigenvalue weighted by molar-refractivity contribution is -0.143. The molecule has 0 radical (unpaired) electrons. The Bertz CT molecular complexity index is 790. The molecule has 0 aliphatic carbocycles. The Morgan fingerprint density at radius 2 is 1.96 bits per heavy atom. The summed E-state index contributed by atoms with van der Waals surface area (Å²) >= 11 is 0. The molecule has 0 fully saturated rings. The van der Waals surface area contributed by atoms with Gasteiger partial charge in [-0.1, -0.05) is 0 Å². The zero-order valence-electron chi connectivity index (χ0n) is 15.4. The van der Waals surface area contributed by atoms with Crippen molar-refractivity contribution < 1.29 is 23.8 Å². The molecule has 2 rings (SSSR count). The standard InChI is InChI=1S/C20H22N2O5/c1-3-26-20(24)5-4-12-27-18-13-16(22-14-19(18)25-2)6-7-17(23)15-8-10-21-11-9-15/h6-11,13-14H,3-5,12H2,1-2H3. The summed E-state index contributed by atoms with van der Waals surface area (Å²) in [6, 6.07) is 4.97. The summed E-state index contributed by atoms with van der Waals surface area (Å²) in [5.41, 5.74) is 1.10. The van der Waals surface area contributed by atoms with E-state index < -0.39 is 0 Å². The molecule has 7 heteroatoms. The van der Waals surface area contributed by atoms with Crippen LogP contribution in [0.15, 0.2) is 42.9 Å². The maximum atomic E-state index is 12.1. The van der Waals surface area contributed by atoms with Gasteiger partial charge in [0.1, 0.15) is 0 Å². The van der Waals surface area contributed by atoms with Gasteiger partial charge in [0.2, 0.25) is 0 Å². The molecule has 0 unspecified atom stereocenters. The molecule has 0 atom stereocenters. The summed E-state index contributed by atoms with van der Waals surface area (Å²) in [5.74, 6) is 0.573. The lowest BCUT2D eigenvalue weighted by Crippen LogP contribution is -2.07. The summed E-state index contributed by atoms with van der Waals surface area (Å²) in [7, 11) is 1.52. The summed E-state index contributed by atoms with van der Waals surface area (Å²) in [6.45, 7) is 2.47. The Balaban J connectivity index is 1.98. The highest BCUT2D eigenvalue weighted by atomic mass is 16.5. The molecular weight excluding hydrogens is 348 g/mol. The lowest BCUT2D eigenvalue weighted by atomic mass is 10.1. The van der Waals surface area contributed by atoms with Crippen molar-refractivity contribution in [3.8, 4) is 11.5 Å². The first-order valence-corrected chi connectivity index (χ1v) is 8.59. The van der Waals surface area contributed by atoms with Gasteiger partial charge in [0.05, 0.1) is 32.2 Å². The SMILES string of the molecule is CCOC(=O)CCCOc1cc(C=CC(=O)c2ccncc2)ncc1OC. The summed E-state index contributed by atoms with van der Waals surface area (Å²) in [5, 5.41) is 0. The average molecular weight is 370 g/mol. The fourth-order valence-corrected chi connectivity index (χ4v) is 2.20. The number of methoxy groups -OCH3 is 1. The minimum Gasteiger partial charge on any atom is -0.491 e. The number of ether oxygens (including phenoxy) is 3. The topological polar surface area (TPSA) is 87.6 Å². The van der Waals surface area contributed by atoms with Crippen molar-refractivity contribution in [2.24, 2.45) is 0 Å². The smallest absolute Gasteiger partial charge is 0.305 e. The summed E-state index contributed by atoms with van der Waals surface area (Å²) in [4.78, 5) is 31.6. The molecule has 0 amide bonds. The van der Waals surface area contributed by atoms with Crippen LogP contribution in [0, 0.1) is 0 Å². The van der Waals surface area contributed by atoms with Crippen LogP contribution >= 0.6 is 0 Å². The molecule has 0 aliphatic rings. The van der Waals surface area contributed by atoms with Crippen molar-refractivity contribution in [3.05, 3.63) is 54.1 Å². The Hall–Kier alpha value is -3.22. The largest absolute Gasteiger partial charge is 0.491 e. The third kappa shape index (κ3) is 6.54. The first-order chi connectivity index (χ1) is 13.1. The number of nitrogens with zero attached hydrogens (tertiary/aromatic N) is 2. The third-order valence-corrected chi connectivity index (χ3v) is 3.53. The molecule has 0 saturated heterocycles. The molecule has 2 heterocycles. The van der Waals surface area contributed by atoms with E-state index in [9.17, 15) is 9.59 Å². The van der Waals surface area contributed by atoms with E-state index in [1.807, 2.05) is 0 Å². The normalized spacial score (nSPS) is 10.6. The number of ketones is 1. The number of allylic oxidation sites excluding steroid dienone is 1. The molecule has 0 aromatic carbocycles. The quantitative estimate of drug-likeness (QED) is 0.275. The second-order valence-electron chi connectivity index (χ2n) is 5.45. The number of aromatic nitrogens is 2. The molecule has 7 nitrogen and oxygen atoms in total. The van der Waals surface area contributed by atoms with Crippen molar-refractivity contribution in [2.75, 3.05) is 20.3 Å². The van der Waals surface area contributed by atoms with Gasteiger partial charge in [0.25, 0.3) is 0 Å². The molecule has 0 spiro atoms. The zero-order chi connectivity index (χ0) is 19.5. The fraction of sp³-hybridized carbons (Fsp3) is 0.300. The minimum atomic E-state index is -0.249. The fourth-order valence-electron chi connectivity index (χ4n) is 2.20. The first kappa shape index (κ1) is 20.1. The van der Waals surface area contributed by atoms with E-state index in [2.05, 4.69) is 9.97 Å². The van der Waals surface area contributed by atoms with Gasteiger partial charge in [0.15, 0.2) is 17.3 Å². The van der Waals surface area contributed by atoms with Crippen LogP contribution in [0.3, 0.4) is 0 Å². The molecule has 2 aromatic heterocycles. The molecular formula is C20H22N2O5. The van der Waals surface area contributed by atoms with Crippen LogP contribution in [-0.2, 0) is 9.53 Å². The molecule has 0 aliphatic heterocycles. The van der Waals surface area contributed by atoms with Crippen LogP contribution in [0.25, 0.3) is 6.08 Å². The minimum absolute atomic E-state index is 0.146. The van der Waals surface area contributed by atoms with Crippen molar-refractivity contribution in [2.45, 2.75) is 19.8 Å². The summed E-state index contributed by atoms with van der Waals surface area (Å²) in [6.07, 6.45) is 8.51. The molecule has 27 heavy (non-hydrogen) atoms. The molecule has 0 N–H and O–H groups in total.